The van der Waals surface area contributed by atoms with E-state index in [0.29, 0.717) is 0 Å². The van der Waals surface area contributed by atoms with E-state index in [9.17, 15) is 22.8 Å². The molecule has 0 atom stereocenters. The van der Waals surface area contributed by atoms with Gasteiger partial charge in [0.15, 0.2) is 0 Å². The number of hydrogen-bond donors (Lipinski definition) is 2. The minimum atomic E-state index is -4.61. The number of nitrogens with zero attached hydrogens (tertiary/aromatic N) is 1. The van der Waals surface area contributed by atoms with Crippen molar-refractivity contribution in [2.24, 2.45) is 0 Å². The average Bonchev–Trinajstić information content (AvgIpc) is 2.18. The molecule has 6 nitrogen and oxygen atoms in total. The topological polar surface area (TPSA) is 89.9 Å². The SMILES string of the molecule is [O]CCCN(CCOP(=O)(O)O)CCC(F)(F)F. The number of halogens is 3. The fourth-order valence-electron chi connectivity index (χ4n) is 1.20. The van der Waals surface area contributed by atoms with Crippen molar-refractivity contribution in [3.8, 4) is 0 Å². The van der Waals surface area contributed by atoms with E-state index in [2.05, 4.69) is 4.52 Å². The van der Waals surface area contributed by atoms with E-state index in [1.54, 1.807) is 0 Å². The standard InChI is InChI=1S/C8H16F3NO5P/c9-8(10,11)2-4-12(3-1-6-13)5-7-17-18(14,15)16/h1-7H2,(H2,14,15,16). The number of hydrogen-bond acceptors (Lipinski definition) is 3. The van der Waals surface area contributed by atoms with Crippen LogP contribution >= 0.6 is 7.82 Å². The van der Waals surface area contributed by atoms with E-state index in [-0.39, 0.29) is 32.7 Å². The molecule has 109 valence electrons. The lowest BCUT2D eigenvalue weighted by Gasteiger charge is -2.22. The predicted octanol–water partition coefficient (Wildman–Crippen LogP) is 1.17. The molecule has 0 aromatic rings. The largest absolute Gasteiger partial charge is 0.469 e. The molecule has 0 spiro atoms. The normalized spacial score (nSPS) is 13.3. The van der Waals surface area contributed by atoms with Gasteiger partial charge < -0.3 is 14.7 Å². The summed E-state index contributed by atoms with van der Waals surface area (Å²) in [6.07, 6.45) is -5.17. The molecule has 0 amide bonds. The van der Waals surface area contributed by atoms with Crippen molar-refractivity contribution in [1.29, 1.82) is 0 Å². The van der Waals surface area contributed by atoms with Crippen LogP contribution in [0.25, 0.3) is 0 Å². The Morgan fingerprint density at radius 3 is 2.22 bits per heavy atom. The lowest BCUT2D eigenvalue weighted by molar-refractivity contribution is -0.138. The quantitative estimate of drug-likeness (QED) is 0.623. The van der Waals surface area contributed by atoms with E-state index < -0.39 is 27.0 Å². The third-order valence-electron chi connectivity index (χ3n) is 2.00. The molecule has 0 aromatic heterocycles. The van der Waals surface area contributed by atoms with Crippen LogP contribution in [-0.2, 0) is 14.2 Å². The molecule has 0 bridgehead atoms. The van der Waals surface area contributed by atoms with Crippen molar-refractivity contribution in [1.82, 2.24) is 4.90 Å². The first-order chi connectivity index (χ1) is 8.14. The number of alkyl halides is 3. The summed E-state index contributed by atoms with van der Waals surface area (Å²) in [6.45, 7) is -1.05. The molecule has 0 rings (SSSR count). The summed E-state index contributed by atoms with van der Waals surface area (Å²) in [5, 5.41) is 10.3. The summed E-state index contributed by atoms with van der Waals surface area (Å²) in [7, 11) is -4.61. The fourth-order valence-corrected chi connectivity index (χ4v) is 1.52. The Hall–Kier alpha value is -0.180. The van der Waals surface area contributed by atoms with Crippen LogP contribution in [0.1, 0.15) is 12.8 Å². The highest BCUT2D eigenvalue weighted by atomic mass is 31.2. The molecule has 0 aliphatic heterocycles. The highest BCUT2D eigenvalue weighted by Crippen LogP contribution is 2.35. The van der Waals surface area contributed by atoms with Crippen LogP contribution in [0.5, 0.6) is 0 Å². The first kappa shape index (κ1) is 17.8. The summed E-state index contributed by atoms with van der Waals surface area (Å²) >= 11 is 0. The Morgan fingerprint density at radius 2 is 1.78 bits per heavy atom. The van der Waals surface area contributed by atoms with Crippen molar-refractivity contribution in [2.45, 2.75) is 19.0 Å². The average molecular weight is 294 g/mol. The van der Waals surface area contributed by atoms with Crippen molar-refractivity contribution < 1.29 is 37.2 Å². The number of rotatable bonds is 9. The highest BCUT2D eigenvalue weighted by molar-refractivity contribution is 7.46. The van der Waals surface area contributed by atoms with Crippen LogP contribution in [0.3, 0.4) is 0 Å². The highest BCUT2D eigenvalue weighted by Gasteiger charge is 2.27. The maximum absolute atomic E-state index is 12.0. The van der Waals surface area contributed by atoms with E-state index >= 15 is 0 Å². The van der Waals surface area contributed by atoms with Gasteiger partial charge in [-0.25, -0.2) is 9.67 Å². The van der Waals surface area contributed by atoms with Gasteiger partial charge >= 0.3 is 14.0 Å². The minimum Gasteiger partial charge on any atom is -0.303 e. The number of phosphoric acid groups is 1. The molecule has 0 fully saturated rings. The molecule has 10 heteroatoms. The van der Waals surface area contributed by atoms with Gasteiger partial charge in [0.25, 0.3) is 0 Å². The molecular formula is C8H16F3NO5P. The molecule has 0 saturated heterocycles. The first-order valence-electron chi connectivity index (χ1n) is 5.21. The van der Waals surface area contributed by atoms with Gasteiger partial charge in [0, 0.05) is 19.6 Å². The second-order valence-corrected chi connectivity index (χ2v) is 4.83. The van der Waals surface area contributed by atoms with Crippen molar-refractivity contribution in [2.75, 3.05) is 32.8 Å². The molecule has 2 N–H and O–H groups in total. The smallest absolute Gasteiger partial charge is 0.303 e. The van der Waals surface area contributed by atoms with Gasteiger partial charge in [-0.15, -0.1) is 0 Å². The maximum Gasteiger partial charge on any atom is 0.469 e. The molecule has 0 aliphatic rings. The first-order valence-corrected chi connectivity index (χ1v) is 6.74. The molecule has 1 radical (unpaired) electrons. The van der Waals surface area contributed by atoms with Gasteiger partial charge in [-0.2, -0.15) is 13.2 Å². The monoisotopic (exact) mass is 294 g/mol. The molecule has 0 saturated carbocycles. The van der Waals surface area contributed by atoms with E-state index in [1.165, 1.54) is 4.90 Å². The van der Waals surface area contributed by atoms with Crippen molar-refractivity contribution >= 4 is 7.82 Å². The lowest BCUT2D eigenvalue weighted by Crippen LogP contribution is -2.32. The Bertz CT molecular complexity index is 270. The summed E-state index contributed by atoms with van der Waals surface area (Å²) in [5.41, 5.74) is 0. The molecular weight excluding hydrogens is 278 g/mol. The van der Waals surface area contributed by atoms with E-state index in [0.717, 1.165) is 0 Å². The Morgan fingerprint density at radius 1 is 1.17 bits per heavy atom. The van der Waals surface area contributed by atoms with Crippen LogP contribution in [-0.4, -0.2) is 53.7 Å². The summed E-state index contributed by atoms with van der Waals surface area (Å²) < 4.78 is 50.5. The second-order valence-electron chi connectivity index (χ2n) is 3.59. The van der Waals surface area contributed by atoms with Gasteiger partial charge in [0.1, 0.15) is 0 Å². The summed E-state index contributed by atoms with van der Waals surface area (Å²) in [6, 6.07) is 0. The minimum absolute atomic E-state index is 0.0683. The van der Waals surface area contributed by atoms with Crippen LogP contribution in [0.15, 0.2) is 0 Å². The second kappa shape index (κ2) is 8.08. The van der Waals surface area contributed by atoms with Crippen molar-refractivity contribution in [3.05, 3.63) is 0 Å². The summed E-state index contributed by atoms with van der Waals surface area (Å²) in [5.74, 6) is 0. The van der Waals surface area contributed by atoms with Gasteiger partial charge in [-0.3, -0.25) is 4.52 Å². The Kier molecular flexibility index (Phi) is 8.00. The van der Waals surface area contributed by atoms with Crippen LogP contribution in [0.2, 0.25) is 0 Å². The summed E-state index contributed by atoms with van der Waals surface area (Å²) in [4.78, 5) is 18.1. The predicted molar refractivity (Wildman–Crippen MR) is 55.3 cm³/mol. The third-order valence-corrected chi connectivity index (χ3v) is 2.52. The zero-order chi connectivity index (χ0) is 14.2. The van der Waals surface area contributed by atoms with Gasteiger partial charge in [0.2, 0.25) is 0 Å². The zero-order valence-electron chi connectivity index (χ0n) is 9.60. The molecule has 18 heavy (non-hydrogen) atoms. The van der Waals surface area contributed by atoms with E-state index in [4.69, 9.17) is 9.79 Å². The fraction of sp³-hybridized carbons (Fsp3) is 1.00. The number of phosphoric ester groups is 1. The molecule has 0 unspecified atom stereocenters. The Balaban J connectivity index is 4.02. The van der Waals surface area contributed by atoms with Crippen LogP contribution < -0.4 is 0 Å². The third kappa shape index (κ3) is 12.3. The maximum atomic E-state index is 12.0. The Labute approximate surface area is 103 Å². The zero-order valence-corrected chi connectivity index (χ0v) is 10.5. The van der Waals surface area contributed by atoms with Gasteiger partial charge in [-0.1, -0.05) is 0 Å². The molecule has 0 heterocycles. The lowest BCUT2D eigenvalue weighted by atomic mass is 10.3. The van der Waals surface area contributed by atoms with E-state index in [1.807, 2.05) is 0 Å². The van der Waals surface area contributed by atoms with Gasteiger partial charge in [-0.05, 0) is 6.42 Å². The van der Waals surface area contributed by atoms with Crippen molar-refractivity contribution in [3.63, 3.8) is 0 Å². The van der Waals surface area contributed by atoms with Gasteiger partial charge in [0.05, 0.1) is 19.6 Å². The van der Waals surface area contributed by atoms with Crippen LogP contribution in [0, 0.1) is 0 Å². The molecule has 0 aromatic carbocycles. The molecule has 0 aliphatic carbocycles. The van der Waals surface area contributed by atoms with Crippen LogP contribution in [0.4, 0.5) is 13.2 Å².